The predicted octanol–water partition coefficient (Wildman–Crippen LogP) is 20.7. The molecule has 0 aromatic carbocycles. The summed E-state index contributed by atoms with van der Waals surface area (Å²) in [6, 6.07) is 0. The number of hydrogen-bond donors (Lipinski definition) is 0. The van der Waals surface area contributed by atoms with Gasteiger partial charge in [-0.1, -0.05) is 276 Å². The van der Waals surface area contributed by atoms with Crippen molar-refractivity contribution in [2.45, 2.75) is 348 Å². The molecule has 0 rings (SSSR count). The number of ether oxygens (including phenoxy) is 3. The Labute approximate surface area is 430 Å². The van der Waals surface area contributed by atoms with Crippen molar-refractivity contribution in [3.05, 3.63) is 24.3 Å². The Balaban J connectivity index is 4.30. The van der Waals surface area contributed by atoms with E-state index in [1.807, 2.05) is 0 Å². The zero-order chi connectivity index (χ0) is 50.0. The van der Waals surface area contributed by atoms with E-state index in [0.29, 0.717) is 19.3 Å². The van der Waals surface area contributed by atoms with Crippen LogP contribution in [0.5, 0.6) is 0 Å². The van der Waals surface area contributed by atoms with E-state index >= 15 is 0 Å². The van der Waals surface area contributed by atoms with Gasteiger partial charge in [-0.05, 0) is 70.6 Å². The number of allylic oxidation sites excluding steroid dienone is 4. The normalized spacial score (nSPS) is 12.1. The van der Waals surface area contributed by atoms with Crippen molar-refractivity contribution in [1.29, 1.82) is 0 Å². The van der Waals surface area contributed by atoms with Crippen molar-refractivity contribution < 1.29 is 28.6 Å². The largest absolute Gasteiger partial charge is 0.462 e. The van der Waals surface area contributed by atoms with Crippen LogP contribution in [0.3, 0.4) is 0 Å². The second kappa shape index (κ2) is 58.5. The number of hydrogen-bond acceptors (Lipinski definition) is 6. The Morgan fingerprint density at radius 1 is 0.275 bits per heavy atom. The summed E-state index contributed by atoms with van der Waals surface area (Å²) < 4.78 is 16.9. The van der Waals surface area contributed by atoms with Gasteiger partial charge in [-0.25, -0.2) is 0 Å². The first-order valence-corrected chi connectivity index (χ1v) is 30.8. The van der Waals surface area contributed by atoms with Gasteiger partial charge in [0.1, 0.15) is 13.2 Å². The molecule has 0 N–H and O–H groups in total. The molecule has 1 atom stereocenters. The van der Waals surface area contributed by atoms with E-state index in [2.05, 4.69) is 45.1 Å². The third kappa shape index (κ3) is 56.7. The van der Waals surface area contributed by atoms with Crippen LogP contribution >= 0.6 is 0 Å². The topological polar surface area (TPSA) is 78.9 Å². The molecular weight excluding hydrogens is 853 g/mol. The standard InChI is InChI=1S/C63H118O6/c1-4-7-10-13-16-19-22-25-28-29-30-31-32-33-36-38-41-44-47-50-53-56-62(65)68-59-60(69-63(66)57-54-51-48-45-42-39-35-27-24-21-18-15-12-9-6-3)58-67-61(64)55-52-49-46-43-40-37-34-26-23-20-17-14-11-8-5-2/h26-27,34-35,60H,4-25,28-33,36-59H2,1-3H3. The number of carbonyl (C=O) groups excluding carboxylic acids is 3. The first-order valence-electron chi connectivity index (χ1n) is 30.8. The van der Waals surface area contributed by atoms with E-state index in [4.69, 9.17) is 14.2 Å². The van der Waals surface area contributed by atoms with Gasteiger partial charge in [0.15, 0.2) is 6.10 Å². The summed E-state index contributed by atoms with van der Waals surface area (Å²) in [4.78, 5) is 38.2. The predicted molar refractivity (Wildman–Crippen MR) is 298 cm³/mol. The molecule has 0 saturated heterocycles. The van der Waals surface area contributed by atoms with E-state index in [1.165, 1.54) is 231 Å². The molecule has 0 aliphatic heterocycles. The summed E-state index contributed by atoms with van der Waals surface area (Å²) in [6.07, 6.45) is 68.9. The monoisotopic (exact) mass is 971 g/mol. The van der Waals surface area contributed by atoms with Gasteiger partial charge < -0.3 is 14.2 Å². The van der Waals surface area contributed by atoms with E-state index < -0.39 is 6.10 Å². The first-order chi connectivity index (χ1) is 34.0. The van der Waals surface area contributed by atoms with E-state index in [9.17, 15) is 14.4 Å². The van der Waals surface area contributed by atoms with E-state index in [1.54, 1.807) is 0 Å². The van der Waals surface area contributed by atoms with Gasteiger partial charge in [-0.15, -0.1) is 0 Å². The van der Waals surface area contributed by atoms with E-state index in [0.717, 1.165) is 70.6 Å². The second-order valence-corrected chi connectivity index (χ2v) is 21.0. The van der Waals surface area contributed by atoms with Crippen LogP contribution in [0.2, 0.25) is 0 Å². The lowest BCUT2D eigenvalue weighted by molar-refractivity contribution is -0.167. The summed E-state index contributed by atoms with van der Waals surface area (Å²) in [7, 11) is 0. The molecule has 6 nitrogen and oxygen atoms in total. The van der Waals surface area contributed by atoms with Crippen molar-refractivity contribution in [3.63, 3.8) is 0 Å². The molecule has 1 unspecified atom stereocenters. The minimum atomic E-state index is -0.776. The zero-order valence-corrected chi connectivity index (χ0v) is 46.6. The van der Waals surface area contributed by atoms with Gasteiger partial charge in [-0.2, -0.15) is 0 Å². The molecule has 6 heteroatoms. The average Bonchev–Trinajstić information content (AvgIpc) is 3.35. The molecule has 0 amide bonds. The quantitative estimate of drug-likeness (QED) is 0.0261. The Morgan fingerprint density at radius 2 is 0.478 bits per heavy atom. The highest BCUT2D eigenvalue weighted by Crippen LogP contribution is 2.17. The van der Waals surface area contributed by atoms with Crippen LogP contribution in [0, 0.1) is 0 Å². The number of carbonyl (C=O) groups is 3. The molecule has 0 aromatic heterocycles. The van der Waals surface area contributed by atoms with Gasteiger partial charge in [0.05, 0.1) is 0 Å². The summed E-state index contributed by atoms with van der Waals surface area (Å²) in [5, 5.41) is 0. The molecule has 0 aliphatic carbocycles. The van der Waals surface area contributed by atoms with Gasteiger partial charge in [-0.3, -0.25) is 14.4 Å². The van der Waals surface area contributed by atoms with Crippen molar-refractivity contribution >= 4 is 17.9 Å². The Bertz CT molecular complexity index is 1110. The van der Waals surface area contributed by atoms with Crippen molar-refractivity contribution in [2.75, 3.05) is 13.2 Å². The fourth-order valence-corrected chi connectivity index (χ4v) is 9.26. The molecule has 0 radical (unpaired) electrons. The average molecular weight is 972 g/mol. The van der Waals surface area contributed by atoms with Crippen LogP contribution in [0.4, 0.5) is 0 Å². The van der Waals surface area contributed by atoms with Crippen LogP contribution < -0.4 is 0 Å². The van der Waals surface area contributed by atoms with Crippen LogP contribution in [0.25, 0.3) is 0 Å². The molecule has 0 aliphatic rings. The Hall–Kier alpha value is -2.11. The lowest BCUT2D eigenvalue weighted by Crippen LogP contribution is -2.30. The van der Waals surface area contributed by atoms with Gasteiger partial charge >= 0.3 is 17.9 Å². The number of esters is 3. The molecule has 0 aromatic rings. The fraction of sp³-hybridized carbons (Fsp3) is 0.889. The minimum Gasteiger partial charge on any atom is -0.462 e. The van der Waals surface area contributed by atoms with Crippen LogP contribution in [0.15, 0.2) is 24.3 Å². The number of rotatable bonds is 57. The lowest BCUT2D eigenvalue weighted by Gasteiger charge is -2.18. The molecular formula is C63H118O6. The Morgan fingerprint density at radius 3 is 0.725 bits per heavy atom. The third-order valence-electron chi connectivity index (χ3n) is 13.9. The Kier molecular flexibility index (Phi) is 56.7. The lowest BCUT2D eigenvalue weighted by atomic mass is 10.0. The van der Waals surface area contributed by atoms with Gasteiger partial charge in [0.25, 0.3) is 0 Å². The summed E-state index contributed by atoms with van der Waals surface area (Å²) >= 11 is 0. The molecule has 406 valence electrons. The van der Waals surface area contributed by atoms with E-state index in [-0.39, 0.29) is 31.1 Å². The summed E-state index contributed by atoms with van der Waals surface area (Å²) in [5.41, 5.74) is 0. The summed E-state index contributed by atoms with van der Waals surface area (Å²) in [6.45, 7) is 6.67. The first kappa shape index (κ1) is 66.9. The summed E-state index contributed by atoms with van der Waals surface area (Å²) in [5.74, 6) is -0.867. The maximum Gasteiger partial charge on any atom is 0.306 e. The molecule has 0 heterocycles. The van der Waals surface area contributed by atoms with Crippen LogP contribution in [-0.4, -0.2) is 37.2 Å². The third-order valence-corrected chi connectivity index (χ3v) is 13.9. The highest BCUT2D eigenvalue weighted by molar-refractivity contribution is 5.71. The van der Waals surface area contributed by atoms with Crippen molar-refractivity contribution in [2.24, 2.45) is 0 Å². The van der Waals surface area contributed by atoms with Gasteiger partial charge in [0, 0.05) is 19.3 Å². The zero-order valence-electron chi connectivity index (χ0n) is 46.6. The van der Waals surface area contributed by atoms with Gasteiger partial charge in [0.2, 0.25) is 0 Å². The molecule has 0 fully saturated rings. The highest BCUT2D eigenvalue weighted by Gasteiger charge is 2.19. The van der Waals surface area contributed by atoms with Crippen LogP contribution in [-0.2, 0) is 28.6 Å². The van der Waals surface area contributed by atoms with Crippen molar-refractivity contribution in [3.8, 4) is 0 Å². The molecule has 0 saturated carbocycles. The number of unbranched alkanes of at least 4 members (excludes halogenated alkanes) is 42. The minimum absolute atomic E-state index is 0.0725. The SMILES string of the molecule is CCCCCCCCC=CCCCCCCCC(=O)OCC(COC(=O)CCCCCCCCCCCCCCCCCCCCCCC)OC(=O)CCCCCCCC=CCCCCCCCC. The van der Waals surface area contributed by atoms with Crippen molar-refractivity contribution in [1.82, 2.24) is 0 Å². The maximum absolute atomic E-state index is 12.9. The fourth-order valence-electron chi connectivity index (χ4n) is 9.26. The molecule has 0 spiro atoms. The van der Waals surface area contributed by atoms with Crippen LogP contribution in [0.1, 0.15) is 342 Å². The smallest absolute Gasteiger partial charge is 0.306 e. The molecule has 0 bridgehead atoms. The maximum atomic E-state index is 12.9. The molecule has 69 heavy (non-hydrogen) atoms. The highest BCUT2D eigenvalue weighted by atomic mass is 16.6. The second-order valence-electron chi connectivity index (χ2n) is 21.0.